The van der Waals surface area contributed by atoms with Crippen LogP contribution in [0.25, 0.3) is 0 Å². The minimum Gasteiger partial charge on any atom is -0.393 e. The second kappa shape index (κ2) is 4.52. The zero-order valence-electron chi connectivity index (χ0n) is 11.6. The highest BCUT2D eigenvalue weighted by Crippen LogP contribution is 2.37. The van der Waals surface area contributed by atoms with Crippen molar-refractivity contribution < 1.29 is 9.84 Å². The molecule has 1 aliphatic carbocycles. The first kappa shape index (κ1) is 13.3. The summed E-state index contributed by atoms with van der Waals surface area (Å²) in [6.45, 7) is 9.55. The van der Waals surface area contributed by atoms with Crippen LogP contribution in [0.2, 0.25) is 0 Å². The van der Waals surface area contributed by atoms with Gasteiger partial charge in [0.2, 0.25) is 0 Å². The van der Waals surface area contributed by atoms with Gasteiger partial charge < -0.3 is 15.2 Å². The van der Waals surface area contributed by atoms with Gasteiger partial charge in [-0.1, -0.05) is 6.42 Å². The molecule has 0 aromatic heterocycles. The van der Waals surface area contributed by atoms with Crippen LogP contribution >= 0.6 is 0 Å². The van der Waals surface area contributed by atoms with Crippen molar-refractivity contribution in [1.82, 2.24) is 5.32 Å². The van der Waals surface area contributed by atoms with Crippen molar-refractivity contribution in [1.29, 1.82) is 0 Å². The van der Waals surface area contributed by atoms with Crippen LogP contribution in [0.4, 0.5) is 0 Å². The van der Waals surface area contributed by atoms with Gasteiger partial charge in [-0.3, -0.25) is 0 Å². The van der Waals surface area contributed by atoms with E-state index >= 15 is 0 Å². The maximum Gasteiger partial charge on any atom is 0.0787 e. The van der Waals surface area contributed by atoms with Crippen LogP contribution in [-0.2, 0) is 4.74 Å². The Morgan fingerprint density at radius 2 is 1.94 bits per heavy atom. The fourth-order valence-electron chi connectivity index (χ4n) is 3.43. The van der Waals surface area contributed by atoms with E-state index in [1.54, 1.807) is 0 Å². The summed E-state index contributed by atoms with van der Waals surface area (Å²) >= 11 is 0. The van der Waals surface area contributed by atoms with Crippen molar-refractivity contribution in [3.63, 3.8) is 0 Å². The SMILES string of the molecule is CC1(C)CC(NCC2CCCC2O)C(C)(C)O1. The van der Waals surface area contributed by atoms with Crippen LogP contribution in [0, 0.1) is 5.92 Å². The van der Waals surface area contributed by atoms with E-state index in [9.17, 15) is 5.11 Å². The van der Waals surface area contributed by atoms with Crippen LogP contribution in [-0.4, -0.2) is 35.0 Å². The van der Waals surface area contributed by atoms with E-state index in [0.717, 1.165) is 25.8 Å². The van der Waals surface area contributed by atoms with Crippen LogP contribution in [0.1, 0.15) is 53.4 Å². The van der Waals surface area contributed by atoms with Crippen LogP contribution in [0.5, 0.6) is 0 Å². The normalized spacial score (nSPS) is 39.7. The Kier molecular flexibility index (Phi) is 3.54. The zero-order chi connectivity index (χ0) is 12.7. The molecule has 1 aliphatic heterocycles. The molecule has 2 N–H and O–H groups in total. The van der Waals surface area contributed by atoms with E-state index in [4.69, 9.17) is 4.74 Å². The molecular weight excluding hydrogens is 214 g/mol. The van der Waals surface area contributed by atoms with E-state index in [2.05, 4.69) is 33.0 Å². The van der Waals surface area contributed by atoms with Gasteiger partial charge in [0.1, 0.15) is 0 Å². The fraction of sp³-hybridized carbons (Fsp3) is 1.00. The Morgan fingerprint density at radius 3 is 2.41 bits per heavy atom. The monoisotopic (exact) mass is 241 g/mol. The summed E-state index contributed by atoms with van der Waals surface area (Å²) in [4.78, 5) is 0. The molecule has 2 rings (SSSR count). The van der Waals surface area contributed by atoms with Crippen molar-refractivity contribution >= 4 is 0 Å². The lowest BCUT2D eigenvalue weighted by molar-refractivity contribution is -0.0701. The van der Waals surface area contributed by atoms with Gasteiger partial charge in [-0.25, -0.2) is 0 Å². The molecule has 17 heavy (non-hydrogen) atoms. The van der Waals surface area contributed by atoms with Gasteiger partial charge in [0.25, 0.3) is 0 Å². The van der Waals surface area contributed by atoms with Crippen LogP contribution in [0.3, 0.4) is 0 Å². The second-order valence-electron chi connectivity index (χ2n) is 6.89. The average molecular weight is 241 g/mol. The number of aliphatic hydroxyl groups is 1. The van der Waals surface area contributed by atoms with Crippen molar-refractivity contribution in [2.75, 3.05) is 6.54 Å². The van der Waals surface area contributed by atoms with E-state index in [1.807, 2.05) is 0 Å². The molecule has 3 unspecified atom stereocenters. The molecule has 2 aliphatic rings. The second-order valence-corrected chi connectivity index (χ2v) is 6.89. The van der Waals surface area contributed by atoms with E-state index in [0.29, 0.717) is 12.0 Å². The lowest BCUT2D eigenvalue weighted by Crippen LogP contribution is -2.45. The number of aliphatic hydroxyl groups excluding tert-OH is 1. The lowest BCUT2D eigenvalue weighted by Gasteiger charge is -2.29. The van der Waals surface area contributed by atoms with Crippen molar-refractivity contribution in [3.05, 3.63) is 0 Å². The van der Waals surface area contributed by atoms with Crippen LogP contribution in [0.15, 0.2) is 0 Å². The summed E-state index contributed by atoms with van der Waals surface area (Å²) in [5.74, 6) is 0.439. The Bertz CT molecular complexity index is 275. The van der Waals surface area contributed by atoms with E-state index < -0.39 is 0 Å². The average Bonchev–Trinajstić information content (AvgIpc) is 2.64. The van der Waals surface area contributed by atoms with Crippen molar-refractivity contribution in [2.45, 2.75) is 76.7 Å². The summed E-state index contributed by atoms with van der Waals surface area (Å²) in [6.07, 6.45) is 4.25. The minimum atomic E-state index is -0.104. The predicted molar refractivity (Wildman–Crippen MR) is 69.0 cm³/mol. The third kappa shape index (κ3) is 3.01. The highest BCUT2D eigenvalue weighted by Gasteiger charge is 2.45. The molecule has 1 heterocycles. The molecular formula is C14H27NO2. The molecule has 100 valence electrons. The molecule has 0 aromatic rings. The molecule has 0 radical (unpaired) electrons. The first-order valence-corrected chi connectivity index (χ1v) is 6.92. The Balaban J connectivity index is 1.87. The smallest absolute Gasteiger partial charge is 0.0787 e. The molecule has 3 heteroatoms. The topological polar surface area (TPSA) is 41.5 Å². The van der Waals surface area contributed by atoms with Gasteiger partial charge in [-0.05, 0) is 52.9 Å². The number of hydrogen-bond donors (Lipinski definition) is 2. The van der Waals surface area contributed by atoms with Crippen LogP contribution < -0.4 is 5.32 Å². The van der Waals surface area contributed by atoms with E-state index in [1.165, 1.54) is 6.42 Å². The number of ether oxygens (including phenoxy) is 1. The first-order valence-electron chi connectivity index (χ1n) is 6.92. The molecule has 2 fully saturated rings. The summed E-state index contributed by atoms with van der Waals surface area (Å²) in [5.41, 5.74) is -0.136. The Labute approximate surface area is 105 Å². The highest BCUT2D eigenvalue weighted by atomic mass is 16.5. The maximum absolute atomic E-state index is 9.82. The molecule has 3 atom stereocenters. The summed E-state index contributed by atoms with van der Waals surface area (Å²) in [5, 5.41) is 13.4. The number of hydrogen-bond acceptors (Lipinski definition) is 3. The highest BCUT2D eigenvalue weighted by molar-refractivity contribution is 4.99. The zero-order valence-corrected chi connectivity index (χ0v) is 11.6. The number of nitrogens with one attached hydrogen (secondary N) is 1. The standard InChI is InChI=1S/C14H27NO2/c1-13(2)8-12(14(3,4)17-13)15-9-10-6-5-7-11(10)16/h10-12,15-16H,5-9H2,1-4H3. The molecule has 0 aromatic carbocycles. The van der Waals surface area contributed by atoms with Gasteiger partial charge in [0, 0.05) is 12.6 Å². The van der Waals surface area contributed by atoms with Gasteiger partial charge in [-0.15, -0.1) is 0 Å². The quantitative estimate of drug-likeness (QED) is 0.795. The fourth-order valence-corrected chi connectivity index (χ4v) is 3.43. The van der Waals surface area contributed by atoms with E-state index in [-0.39, 0.29) is 17.3 Å². The third-order valence-corrected chi connectivity index (χ3v) is 4.32. The summed E-state index contributed by atoms with van der Waals surface area (Å²) < 4.78 is 6.07. The molecule has 0 bridgehead atoms. The van der Waals surface area contributed by atoms with Gasteiger partial charge in [-0.2, -0.15) is 0 Å². The van der Waals surface area contributed by atoms with Gasteiger partial charge >= 0.3 is 0 Å². The third-order valence-electron chi connectivity index (χ3n) is 4.32. The minimum absolute atomic E-state index is 0.0323. The maximum atomic E-state index is 9.82. The summed E-state index contributed by atoms with van der Waals surface area (Å²) in [6, 6.07) is 0.394. The molecule has 1 saturated carbocycles. The molecule has 0 spiro atoms. The van der Waals surface area contributed by atoms with Gasteiger partial charge in [0.05, 0.1) is 17.3 Å². The largest absolute Gasteiger partial charge is 0.393 e. The Hall–Kier alpha value is -0.120. The van der Waals surface area contributed by atoms with Crippen molar-refractivity contribution in [3.8, 4) is 0 Å². The molecule has 0 amide bonds. The predicted octanol–water partition coefficient (Wildman–Crippen LogP) is 2.08. The van der Waals surface area contributed by atoms with Crippen molar-refractivity contribution in [2.24, 2.45) is 5.92 Å². The first-order chi connectivity index (χ1) is 7.80. The lowest BCUT2D eigenvalue weighted by atomic mass is 9.93. The molecule has 3 nitrogen and oxygen atoms in total. The molecule has 1 saturated heterocycles. The summed E-state index contributed by atoms with van der Waals surface area (Å²) in [7, 11) is 0. The number of rotatable bonds is 3. The Morgan fingerprint density at radius 1 is 1.24 bits per heavy atom. The van der Waals surface area contributed by atoms with Gasteiger partial charge in [0.15, 0.2) is 0 Å².